The second-order valence-electron chi connectivity index (χ2n) is 8.09. The molecule has 2 aliphatic carbocycles. The minimum atomic E-state index is 0.0720. The van der Waals surface area contributed by atoms with E-state index in [-0.39, 0.29) is 11.9 Å². The van der Waals surface area contributed by atoms with Crippen LogP contribution in [-0.2, 0) is 17.6 Å². The van der Waals surface area contributed by atoms with E-state index < -0.39 is 0 Å². The number of hydrogen-bond acceptors (Lipinski definition) is 5. The first-order valence-electron chi connectivity index (χ1n) is 10.3. The van der Waals surface area contributed by atoms with Crippen molar-refractivity contribution in [2.24, 2.45) is 0 Å². The Kier molecular flexibility index (Phi) is 4.44. The van der Waals surface area contributed by atoms with Crippen LogP contribution in [0.2, 0.25) is 0 Å². The maximum Gasteiger partial charge on any atom is 0.244 e. The monoisotopic (exact) mass is 366 g/mol. The van der Waals surface area contributed by atoms with E-state index >= 15 is 0 Å². The van der Waals surface area contributed by atoms with Gasteiger partial charge in [0, 0.05) is 24.6 Å². The van der Waals surface area contributed by atoms with Crippen molar-refractivity contribution in [3.63, 3.8) is 0 Å². The Morgan fingerprint density at radius 2 is 2.07 bits per heavy atom. The highest BCUT2D eigenvalue weighted by molar-refractivity contribution is 5.91. The lowest BCUT2D eigenvalue weighted by molar-refractivity contribution is -0.116. The van der Waals surface area contributed by atoms with Crippen LogP contribution < -0.4 is 5.32 Å². The molecule has 3 aliphatic rings. The van der Waals surface area contributed by atoms with Crippen LogP contribution in [0.3, 0.4) is 0 Å². The van der Waals surface area contributed by atoms with Gasteiger partial charge in [-0.15, -0.1) is 0 Å². The highest BCUT2D eigenvalue weighted by atomic mass is 16.5. The number of aryl methyl sites for hydroxylation is 2. The predicted molar refractivity (Wildman–Crippen MR) is 102 cm³/mol. The number of carbonyl (C=O) groups is 1. The molecule has 1 aromatic heterocycles. The van der Waals surface area contributed by atoms with Crippen LogP contribution in [0.1, 0.15) is 73.3 Å². The second kappa shape index (κ2) is 7.08. The van der Waals surface area contributed by atoms with Crippen molar-refractivity contribution in [1.29, 1.82) is 0 Å². The fourth-order valence-corrected chi connectivity index (χ4v) is 4.38. The Hall–Kier alpha value is -2.21. The summed E-state index contributed by atoms with van der Waals surface area (Å²) in [7, 11) is 0. The minimum Gasteiger partial charge on any atom is -0.338 e. The lowest BCUT2D eigenvalue weighted by Crippen LogP contribution is -2.28. The molecule has 142 valence electrons. The number of fused-ring (bicyclic) bond motifs is 1. The Bertz CT molecular complexity index is 842. The number of benzene rings is 1. The first-order chi connectivity index (χ1) is 13.3. The number of aromatic nitrogens is 2. The molecule has 1 atom stereocenters. The maximum atomic E-state index is 12.4. The quantitative estimate of drug-likeness (QED) is 0.846. The van der Waals surface area contributed by atoms with Gasteiger partial charge < -0.3 is 9.84 Å². The first-order valence-corrected chi connectivity index (χ1v) is 10.3. The molecular weight excluding hydrogens is 340 g/mol. The number of hydrogen-bond donors (Lipinski definition) is 1. The Labute approximate surface area is 159 Å². The van der Waals surface area contributed by atoms with Gasteiger partial charge in [0.25, 0.3) is 0 Å². The van der Waals surface area contributed by atoms with Crippen molar-refractivity contribution in [3.8, 4) is 0 Å². The summed E-state index contributed by atoms with van der Waals surface area (Å²) in [5, 5.41) is 7.21. The highest BCUT2D eigenvalue weighted by Gasteiger charge is 2.34. The first kappa shape index (κ1) is 16.9. The molecule has 5 rings (SSSR count). The standard InChI is InChI=1S/C21H26N4O2/c26-19(22-17-9-8-14-3-1-4-16(14)13-17)10-12-25-11-2-5-18(25)21-23-20(24-27-21)15-6-7-15/h8-9,13,15,18H,1-7,10-12H2,(H,22,26)/t18-/m0/s1. The molecule has 0 spiro atoms. The van der Waals surface area contributed by atoms with Crippen LogP contribution in [0.4, 0.5) is 5.69 Å². The lowest BCUT2D eigenvalue weighted by Gasteiger charge is -2.21. The molecule has 1 saturated carbocycles. The molecular formula is C21H26N4O2. The Morgan fingerprint density at radius 3 is 2.96 bits per heavy atom. The number of carbonyl (C=O) groups excluding carboxylic acids is 1. The van der Waals surface area contributed by atoms with Crippen molar-refractivity contribution in [2.45, 2.75) is 63.3 Å². The molecule has 0 bridgehead atoms. The molecule has 27 heavy (non-hydrogen) atoms. The molecule has 6 nitrogen and oxygen atoms in total. The van der Waals surface area contributed by atoms with Crippen molar-refractivity contribution >= 4 is 11.6 Å². The summed E-state index contributed by atoms with van der Waals surface area (Å²) >= 11 is 0. The van der Waals surface area contributed by atoms with Crippen LogP contribution in [0.5, 0.6) is 0 Å². The average Bonchev–Trinajstić information content (AvgIpc) is 3.09. The Balaban J connectivity index is 1.17. The van der Waals surface area contributed by atoms with Gasteiger partial charge in [0.1, 0.15) is 0 Å². The van der Waals surface area contributed by atoms with Crippen LogP contribution in [0.15, 0.2) is 22.7 Å². The molecule has 2 heterocycles. The molecule has 1 aromatic carbocycles. The lowest BCUT2D eigenvalue weighted by atomic mass is 10.1. The van der Waals surface area contributed by atoms with Crippen molar-refractivity contribution in [3.05, 3.63) is 41.0 Å². The molecule has 1 saturated heterocycles. The Morgan fingerprint density at radius 1 is 1.19 bits per heavy atom. The smallest absolute Gasteiger partial charge is 0.244 e. The second-order valence-corrected chi connectivity index (χ2v) is 8.09. The number of rotatable bonds is 6. The number of nitrogens with one attached hydrogen (secondary N) is 1. The molecule has 2 aromatic rings. The summed E-state index contributed by atoms with van der Waals surface area (Å²) in [6, 6.07) is 6.48. The topological polar surface area (TPSA) is 71.3 Å². The zero-order valence-electron chi connectivity index (χ0n) is 15.6. The van der Waals surface area contributed by atoms with Crippen molar-refractivity contribution in [1.82, 2.24) is 15.0 Å². The van der Waals surface area contributed by atoms with Crippen LogP contribution >= 0.6 is 0 Å². The molecule has 6 heteroatoms. The van der Waals surface area contributed by atoms with E-state index in [4.69, 9.17) is 4.52 Å². The normalized spacial score (nSPS) is 22.1. The molecule has 0 radical (unpaired) electrons. The summed E-state index contributed by atoms with van der Waals surface area (Å²) in [6.07, 6.45) is 8.49. The van der Waals surface area contributed by atoms with Crippen molar-refractivity contribution < 1.29 is 9.32 Å². The van der Waals surface area contributed by atoms with Gasteiger partial charge in [0.05, 0.1) is 6.04 Å². The molecule has 0 unspecified atom stereocenters. The fourth-order valence-electron chi connectivity index (χ4n) is 4.38. The third-order valence-electron chi connectivity index (χ3n) is 6.06. The van der Waals surface area contributed by atoms with E-state index in [0.717, 1.165) is 56.2 Å². The van der Waals surface area contributed by atoms with Gasteiger partial charge in [-0.1, -0.05) is 11.2 Å². The van der Waals surface area contributed by atoms with E-state index in [1.165, 1.54) is 30.4 Å². The van der Waals surface area contributed by atoms with Gasteiger partial charge in [-0.3, -0.25) is 9.69 Å². The summed E-state index contributed by atoms with van der Waals surface area (Å²) < 4.78 is 5.52. The minimum absolute atomic E-state index is 0.0720. The molecule has 1 N–H and O–H groups in total. The van der Waals surface area contributed by atoms with E-state index in [1.807, 2.05) is 6.07 Å². The van der Waals surface area contributed by atoms with E-state index in [1.54, 1.807) is 0 Å². The van der Waals surface area contributed by atoms with Crippen molar-refractivity contribution in [2.75, 3.05) is 18.4 Å². The zero-order chi connectivity index (χ0) is 18.2. The summed E-state index contributed by atoms with van der Waals surface area (Å²) in [5.74, 6) is 2.18. The summed E-state index contributed by atoms with van der Waals surface area (Å²) in [4.78, 5) is 19.3. The van der Waals surface area contributed by atoms with Crippen LogP contribution in [0, 0.1) is 0 Å². The summed E-state index contributed by atoms with van der Waals surface area (Å²) in [5.41, 5.74) is 3.73. The average molecular weight is 366 g/mol. The number of amides is 1. The fraction of sp³-hybridized carbons (Fsp3) is 0.571. The third-order valence-corrected chi connectivity index (χ3v) is 6.06. The van der Waals surface area contributed by atoms with Gasteiger partial charge in [-0.25, -0.2) is 0 Å². The van der Waals surface area contributed by atoms with Gasteiger partial charge in [0.2, 0.25) is 11.8 Å². The molecule has 1 amide bonds. The van der Waals surface area contributed by atoms with E-state index in [2.05, 4.69) is 32.5 Å². The number of nitrogens with zero attached hydrogens (tertiary/aromatic N) is 3. The van der Waals surface area contributed by atoms with Gasteiger partial charge >= 0.3 is 0 Å². The van der Waals surface area contributed by atoms with Gasteiger partial charge in [-0.05, 0) is 74.8 Å². The number of anilines is 1. The zero-order valence-corrected chi connectivity index (χ0v) is 15.6. The highest BCUT2D eigenvalue weighted by Crippen LogP contribution is 2.39. The number of likely N-dealkylation sites (tertiary alicyclic amines) is 1. The maximum absolute atomic E-state index is 12.4. The van der Waals surface area contributed by atoms with Gasteiger partial charge in [0.15, 0.2) is 5.82 Å². The molecule has 1 aliphatic heterocycles. The van der Waals surface area contributed by atoms with Gasteiger partial charge in [-0.2, -0.15) is 4.98 Å². The van der Waals surface area contributed by atoms with Crippen LogP contribution in [-0.4, -0.2) is 34.0 Å². The largest absolute Gasteiger partial charge is 0.338 e. The summed E-state index contributed by atoms with van der Waals surface area (Å²) in [6.45, 7) is 1.71. The van der Waals surface area contributed by atoms with E-state index in [0.29, 0.717) is 12.3 Å². The molecule has 2 fully saturated rings. The SMILES string of the molecule is O=C(CCN1CCC[C@H]1c1nc(C2CC2)no1)Nc1ccc2c(c1)CCC2. The van der Waals surface area contributed by atoms with Crippen LogP contribution in [0.25, 0.3) is 0 Å². The predicted octanol–water partition coefficient (Wildman–Crippen LogP) is 3.60. The van der Waals surface area contributed by atoms with E-state index in [9.17, 15) is 4.79 Å². The third kappa shape index (κ3) is 3.63.